The van der Waals surface area contributed by atoms with Crippen molar-refractivity contribution < 1.29 is 13.5 Å². The quantitative estimate of drug-likeness (QED) is 0.792. The Bertz CT molecular complexity index is 325. The van der Waals surface area contributed by atoms with Crippen LogP contribution in [0.5, 0.6) is 0 Å². The summed E-state index contributed by atoms with van der Waals surface area (Å²) in [6.07, 6.45) is 2.63. The van der Waals surface area contributed by atoms with E-state index in [0.717, 1.165) is 12.8 Å². The number of aliphatic hydroxyl groups excluding tert-OH is 1. The molecule has 1 N–H and O–H groups in total. The molecule has 0 bridgehead atoms. The van der Waals surface area contributed by atoms with Gasteiger partial charge in [0.25, 0.3) is 0 Å². The van der Waals surface area contributed by atoms with Gasteiger partial charge in [-0.25, -0.2) is 8.42 Å². The molecule has 1 aliphatic rings. The molecule has 1 aliphatic heterocycles. The Balaban J connectivity index is 2.62. The lowest BCUT2D eigenvalue weighted by Gasteiger charge is -2.25. The van der Waals surface area contributed by atoms with Crippen molar-refractivity contribution in [3.05, 3.63) is 0 Å². The van der Waals surface area contributed by atoms with Gasteiger partial charge in [-0.15, -0.1) is 0 Å². The Morgan fingerprint density at radius 1 is 1.35 bits per heavy atom. The van der Waals surface area contributed by atoms with E-state index >= 15 is 0 Å². The molecule has 1 heterocycles. The molecule has 1 rings (SSSR count). The van der Waals surface area contributed by atoms with Gasteiger partial charge in [-0.2, -0.15) is 4.31 Å². The molecule has 0 radical (unpaired) electrons. The molecule has 4 nitrogen and oxygen atoms in total. The number of hydrogen-bond donors (Lipinski definition) is 1. The number of aliphatic hydroxyl groups is 1. The predicted octanol–water partition coefficient (Wildman–Crippen LogP) is 1.60. The third-order valence-corrected chi connectivity index (χ3v) is 5.19. The van der Waals surface area contributed by atoms with Gasteiger partial charge in [0.2, 0.25) is 10.0 Å². The minimum absolute atomic E-state index is 0.00663. The maximum Gasteiger partial charge on any atom is 0.214 e. The van der Waals surface area contributed by atoms with Crippen molar-refractivity contribution in [2.45, 2.75) is 58.6 Å². The molecule has 102 valence electrons. The summed E-state index contributed by atoms with van der Waals surface area (Å²) in [5, 5.41) is 9.39. The Morgan fingerprint density at radius 2 is 2.00 bits per heavy atom. The lowest BCUT2D eigenvalue weighted by Crippen LogP contribution is -2.38. The smallest absolute Gasteiger partial charge is 0.214 e. The molecule has 0 aromatic heterocycles. The third-order valence-electron chi connectivity index (χ3n) is 3.25. The van der Waals surface area contributed by atoms with Gasteiger partial charge >= 0.3 is 0 Å². The average Bonchev–Trinajstić information content (AvgIpc) is 2.62. The van der Waals surface area contributed by atoms with Crippen LogP contribution < -0.4 is 0 Å². The molecule has 0 amide bonds. The van der Waals surface area contributed by atoms with Crippen molar-refractivity contribution in [3.63, 3.8) is 0 Å². The molecule has 0 aromatic rings. The van der Waals surface area contributed by atoms with E-state index in [1.54, 1.807) is 11.2 Å². The van der Waals surface area contributed by atoms with Gasteiger partial charge in [0.05, 0.1) is 11.9 Å². The number of sulfonamides is 1. The molecule has 2 atom stereocenters. The Hall–Kier alpha value is -0.130. The standard InChI is InChI=1S/C12H25NO3S/c1-10(2)6-8-17(15,16)13-7-4-5-12(13)9-11(3)14/h10-12,14H,4-9H2,1-3H3. The average molecular weight is 263 g/mol. The molecule has 1 saturated heterocycles. The van der Waals surface area contributed by atoms with E-state index in [9.17, 15) is 13.5 Å². The SMILES string of the molecule is CC(C)CCS(=O)(=O)N1CCCC1CC(C)O. The minimum atomic E-state index is -3.13. The highest BCUT2D eigenvalue weighted by molar-refractivity contribution is 7.89. The monoisotopic (exact) mass is 263 g/mol. The largest absolute Gasteiger partial charge is 0.393 e. The van der Waals surface area contributed by atoms with Crippen LogP contribution >= 0.6 is 0 Å². The van der Waals surface area contributed by atoms with E-state index in [2.05, 4.69) is 0 Å². The molecule has 0 aliphatic carbocycles. The molecule has 0 aromatic carbocycles. The van der Waals surface area contributed by atoms with Crippen LogP contribution in [-0.4, -0.2) is 42.3 Å². The zero-order valence-corrected chi connectivity index (χ0v) is 11.9. The fraction of sp³-hybridized carbons (Fsp3) is 1.00. The maximum atomic E-state index is 12.2. The van der Waals surface area contributed by atoms with Crippen molar-refractivity contribution in [2.75, 3.05) is 12.3 Å². The second-order valence-electron chi connectivity index (χ2n) is 5.49. The summed E-state index contributed by atoms with van der Waals surface area (Å²) >= 11 is 0. The van der Waals surface area contributed by atoms with Crippen LogP contribution in [0, 0.1) is 5.92 Å². The van der Waals surface area contributed by atoms with E-state index in [1.165, 1.54) is 0 Å². The summed E-state index contributed by atoms with van der Waals surface area (Å²) in [5.74, 6) is 0.642. The number of hydrogen-bond acceptors (Lipinski definition) is 3. The zero-order valence-electron chi connectivity index (χ0n) is 11.1. The summed E-state index contributed by atoms with van der Waals surface area (Å²) in [6.45, 7) is 6.41. The van der Waals surface area contributed by atoms with Gasteiger partial charge in [-0.1, -0.05) is 13.8 Å². The number of rotatable bonds is 6. The van der Waals surface area contributed by atoms with Crippen molar-refractivity contribution in [1.29, 1.82) is 0 Å². The van der Waals surface area contributed by atoms with Crippen LogP contribution in [0.1, 0.15) is 46.5 Å². The van der Waals surface area contributed by atoms with E-state index in [0.29, 0.717) is 25.3 Å². The zero-order chi connectivity index (χ0) is 13.1. The van der Waals surface area contributed by atoms with Gasteiger partial charge in [0.1, 0.15) is 0 Å². The normalized spacial score (nSPS) is 24.4. The molecular formula is C12H25NO3S. The van der Waals surface area contributed by atoms with Gasteiger partial charge in [0.15, 0.2) is 0 Å². The van der Waals surface area contributed by atoms with Crippen LogP contribution in [0.3, 0.4) is 0 Å². The van der Waals surface area contributed by atoms with Crippen LogP contribution in [0.15, 0.2) is 0 Å². The first-order valence-corrected chi connectivity index (χ1v) is 8.11. The molecule has 0 spiro atoms. The molecule has 17 heavy (non-hydrogen) atoms. The van der Waals surface area contributed by atoms with E-state index in [4.69, 9.17) is 0 Å². The maximum absolute atomic E-state index is 12.2. The molecule has 2 unspecified atom stereocenters. The summed E-state index contributed by atoms with van der Waals surface area (Å²) in [4.78, 5) is 0. The van der Waals surface area contributed by atoms with E-state index in [1.807, 2.05) is 13.8 Å². The van der Waals surface area contributed by atoms with Crippen LogP contribution in [-0.2, 0) is 10.0 Å². The fourth-order valence-electron chi connectivity index (χ4n) is 2.31. The topological polar surface area (TPSA) is 57.6 Å². The Kier molecular flexibility index (Phi) is 5.41. The van der Waals surface area contributed by atoms with Crippen molar-refractivity contribution >= 4 is 10.0 Å². The molecule has 1 fully saturated rings. The fourth-order valence-corrected chi connectivity index (χ4v) is 4.36. The first kappa shape index (κ1) is 14.9. The van der Waals surface area contributed by atoms with Gasteiger partial charge in [0, 0.05) is 12.6 Å². The summed E-state index contributed by atoms with van der Waals surface area (Å²) in [5.41, 5.74) is 0. The molecule has 0 saturated carbocycles. The molecular weight excluding hydrogens is 238 g/mol. The van der Waals surface area contributed by atoms with Crippen molar-refractivity contribution in [3.8, 4) is 0 Å². The van der Waals surface area contributed by atoms with Crippen LogP contribution in [0.25, 0.3) is 0 Å². The highest BCUT2D eigenvalue weighted by Gasteiger charge is 2.34. The highest BCUT2D eigenvalue weighted by Crippen LogP contribution is 2.25. The van der Waals surface area contributed by atoms with Crippen molar-refractivity contribution in [1.82, 2.24) is 4.31 Å². The van der Waals surface area contributed by atoms with E-state index < -0.39 is 16.1 Å². The molecule has 5 heteroatoms. The number of nitrogens with zero attached hydrogens (tertiary/aromatic N) is 1. The van der Waals surface area contributed by atoms with Gasteiger partial charge in [-0.05, 0) is 38.5 Å². The summed E-state index contributed by atoms with van der Waals surface area (Å²) < 4.78 is 26.0. The second kappa shape index (κ2) is 6.16. The predicted molar refractivity (Wildman–Crippen MR) is 69.3 cm³/mol. The summed E-state index contributed by atoms with van der Waals surface area (Å²) in [7, 11) is -3.13. The summed E-state index contributed by atoms with van der Waals surface area (Å²) in [6, 6.07) is 0.00663. The first-order chi connectivity index (χ1) is 7.83. The highest BCUT2D eigenvalue weighted by atomic mass is 32.2. The van der Waals surface area contributed by atoms with Gasteiger partial charge in [-0.3, -0.25) is 0 Å². The lowest BCUT2D eigenvalue weighted by atomic mass is 10.1. The third kappa shape index (κ3) is 4.56. The van der Waals surface area contributed by atoms with Crippen LogP contribution in [0.2, 0.25) is 0 Å². The Labute approximate surface area is 105 Å². The van der Waals surface area contributed by atoms with E-state index in [-0.39, 0.29) is 11.8 Å². The van der Waals surface area contributed by atoms with Crippen molar-refractivity contribution in [2.24, 2.45) is 5.92 Å². The Morgan fingerprint density at radius 3 is 2.53 bits per heavy atom. The minimum Gasteiger partial charge on any atom is -0.393 e. The van der Waals surface area contributed by atoms with Gasteiger partial charge < -0.3 is 5.11 Å². The lowest BCUT2D eigenvalue weighted by molar-refractivity contribution is 0.158. The second-order valence-corrected chi connectivity index (χ2v) is 7.53. The van der Waals surface area contributed by atoms with Crippen LogP contribution in [0.4, 0.5) is 0 Å². The first-order valence-electron chi connectivity index (χ1n) is 6.50.